The molecular formula is C22H24N2O2. The van der Waals surface area contributed by atoms with E-state index in [1.807, 2.05) is 35.2 Å². The van der Waals surface area contributed by atoms with Gasteiger partial charge >= 0.3 is 6.03 Å². The third-order valence-electron chi connectivity index (χ3n) is 5.59. The molecule has 0 bridgehead atoms. The van der Waals surface area contributed by atoms with E-state index >= 15 is 0 Å². The molecule has 2 aromatic rings. The molecule has 1 saturated carbocycles. The number of hydrogen-bond acceptors (Lipinski definition) is 2. The van der Waals surface area contributed by atoms with Crippen LogP contribution in [0.25, 0.3) is 0 Å². The van der Waals surface area contributed by atoms with Gasteiger partial charge in [0.25, 0.3) is 0 Å². The third-order valence-corrected chi connectivity index (χ3v) is 5.59. The van der Waals surface area contributed by atoms with Crippen molar-refractivity contribution in [3.63, 3.8) is 0 Å². The molecule has 2 aliphatic rings. The Hall–Kier alpha value is -2.62. The van der Waals surface area contributed by atoms with Gasteiger partial charge in [-0.1, -0.05) is 60.9 Å². The molecule has 134 valence electrons. The van der Waals surface area contributed by atoms with Crippen molar-refractivity contribution in [3.05, 3.63) is 65.7 Å². The van der Waals surface area contributed by atoms with Crippen molar-refractivity contribution in [1.82, 2.24) is 4.90 Å². The lowest BCUT2D eigenvalue weighted by Gasteiger charge is -2.46. The molecule has 0 aromatic heterocycles. The second-order valence-electron chi connectivity index (χ2n) is 7.36. The highest BCUT2D eigenvalue weighted by Gasteiger charge is 2.47. The second kappa shape index (κ2) is 6.94. The minimum Gasteiger partial charge on any atom is -0.316 e. The molecule has 26 heavy (non-hydrogen) atoms. The molecule has 3 amide bonds. The van der Waals surface area contributed by atoms with Crippen LogP contribution in [0.15, 0.2) is 54.6 Å². The van der Waals surface area contributed by atoms with Crippen molar-refractivity contribution in [2.75, 3.05) is 4.90 Å². The number of benzene rings is 2. The number of amides is 3. The SMILES string of the molecule is Cc1ccc(CN2C(=O)N(c3ccccc3)C(=O)C3CCCCC32)cc1. The van der Waals surface area contributed by atoms with Crippen LogP contribution >= 0.6 is 0 Å². The fourth-order valence-corrected chi connectivity index (χ4v) is 4.19. The average molecular weight is 348 g/mol. The molecule has 4 nitrogen and oxygen atoms in total. The van der Waals surface area contributed by atoms with E-state index in [0.717, 1.165) is 31.2 Å². The monoisotopic (exact) mass is 348 g/mol. The van der Waals surface area contributed by atoms with Gasteiger partial charge in [0.05, 0.1) is 11.6 Å². The Morgan fingerprint density at radius 1 is 0.923 bits per heavy atom. The van der Waals surface area contributed by atoms with Gasteiger partial charge in [0.2, 0.25) is 5.91 Å². The van der Waals surface area contributed by atoms with Crippen molar-refractivity contribution >= 4 is 17.6 Å². The molecule has 2 aromatic carbocycles. The summed E-state index contributed by atoms with van der Waals surface area (Å²) >= 11 is 0. The van der Waals surface area contributed by atoms with Crippen LogP contribution in [0.5, 0.6) is 0 Å². The number of aryl methyl sites for hydroxylation is 1. The molecule has 1 saturated heterocycles. The van der Waals surface area contributed by atoms with E-state index in [0.29, 0.717) is 12.2 Å². The molecule has 0 radical (unpaired) electrons. The zero-order chi connectivity index (χ0) is 18.1. The van der Waals surface area contributed by atoms with E-state index in [4.69, 9.17) is 0 Å². The number of rotatable bonds is 3. The summed E-state index contributed by atoms with van der Waals surface area (Å²) in [5.74, 6) is -0.127. The first-order valence-electron chi connectivity index (χ1n) is 9.40. The molecule has 4 rings (SSSR count). The molecule has 1 aliphatic heterocycles. The van der Waals surface area contributed by atoms with Gasteiger partial charge in [-0.15, -0.1) is 0 Å². The summed E-state index contributed by atoms with van der Waals surface area (Å²) in [7, 11) is 0. The maximum absolute atomic E-state index is 13.3. The number of nitrogens with zero attached hydrogens (tertiary/aromatic N) is 2. The van der Waals surface area contributed by atoms with Gasteiger partial charge in [0, 0.05) is 12.6 Å². The summed E-state index contributed by atoms with van der Waals surface area (Å²) in [6, 6.07) is 17.4. The van der Waals surface area contributed by atoms with Crippen LogP contribution in [-0.2, 0) is 11.3 Å². The maximum atomic E-state index is 13.3. The average Bonchev–Trinajstić information content (AvgIpc) is 2.68. The van der Waals surface area contributed by atoms with Crippen LogP contribution in [0.2, 0.25) is 0 Å². The lowest BCUT2D eigenvalue weighted by molar-refractivity contribution is -0.126. The first kappa shape index (κ1) is 16.8. The Morgan fingerprint density at radius 3 is 2.35 bits per heavy atom. The lowest BCUT2D eigenvalue weighted by atomic mass is 9.81. The Labute approximate surface area is 154 Å². The highest BCUT2D eigenvalue weighted by Crippen LogP contribution is 2.37. The minimum atomic E-state index is -0.190. The van der Waals surface area contributed by atoms with Crippen LogP contribution in [-0.4, -0.2) is 22.9 Å². The number of carbonyl (C=O) groups is 2. The van der Waals surface area contributed by atoms with Gasteiger partial charge in [-0.3, -0.25) is 4.79 Å². The first-order chi connectivity index (χ1) is 12.6. The predicted octanol–water partition coefficient (Wildman–Crippen LogP) is 4.52. The maximum Gasteiger partial charge on any atom is 0.331 e. The van der Waals surface area contributed by atoms with Gasteiger partial charge in [-0.05, 0) is 37.5 Å². The Balaban J connectivity index is 1.69. The zero-order valence-corrected chi connectivity index (χ0v) is 15.1. The second-order valence-corrected chi connectivity index (χ2v) is 7.36. The largest absolute Gasteiger partial charge is 0.331 e. The quantitative estimate of drug-likeness (QED) is 0.818. The van der Waals surface area contributed by atoms with Crippen LogP contribution in [0, 0.1) is 12.8 Å². The number of hydrogen-bond donors (Lipinski definition) is 0. The summed E-state index contributed by atoms with van der Waals surface area (Å²) in [5, 5.41) is 0. The molecule has 2 fully saturated rings. The van der Waals surface area contributed by atoms with Crippen LogP contribution in [0.3, 0.4) is 0 Å². The standard InChI is InChI=1S/C22H24N2O2/c1-16-11-13-17(14-12-16)15-23-20-10-6-5-9-19(20)21(25)24(22(23)26)18-7-3-2-4-8-18/h2-4,7-8,11-14,19-20H,5-6,9-10,15H2,1H3. The molecule has 1 heterocycles. The highest BCUT2D eigenvalue weighted by atomic mass is 16.2. The van der Waals surface area contributed by atoms with Crippen LogP contribution < -0.4 is 4.90 Å². The molecule has 0 N–H and O–H groups in total. The van der Waals surface area contributed by atoms with E-state index in [1.165, 1.54) is 10.5 Å². The fraction of sp³-hybridized carbons (Fsp3) is 0.364. The summed E-state index contributed by atoms with van der Waals surface area (Å²) in [6.45, 7) is 2.61. The number of imide groups is 1. The summed E-state index contributed by atoms with van der Waals surface area (Å²) in [6.07, 6.45) is 3.92. The Bertz CT molecular complexity index is 801. The van der Waals surface area contributed by atoms with Crippen molar-refractivity contribution in [2.24, 2.45) is 5.92 Å². The van der Waals surface area contributed by atoms with Gasteiger partial charge < -0.3 is 4.90 Å². The molecule has 4 heteroatoms. The van der Waals surface area contributed by atoms with Crippen molar-refractivity contribution < 1.29 is 9.59 Å². The van der Waals surface area contributed by atoms with Crippen molar-refractivity contribution in [2.45, 2.75) is 45.2 Å². The van der Waals surface area contributed by atoms with E-state index in [9.17, 15) is 9.59 Å². The van der Waals surface area contributed by atoms with E-state index in [-0.39, 0.29) is 23.9 Å². The highest BCUT2D eigenvalue weighted by molar-refractivity contribution is 6.17. The van der Waals surface area contributed by atoms with Crippen LogP contribution in [0.4, 0.5) is 10.5 Å². The Kier molecular flexibility index (Phi) is 4.49. The topological polar surface area (TPSA) is 40.6 Å². The number of anilines is 1. The summed E-state index contributed by atoms with van der Waals surface area (Å²) in [4.78, 5) is 29.7. The molecular weight excluding hydrogens is 324 g/mol. The Morgan fingerprint density at radius 2 is 1.62 bits per heavy atom. The van der Waals surface area contributed by atoms with Gasteiger partial charge in [0.1, 0.15) is 0 Å². The number of carbonyl (C=O) groups excluding carboxylic acids is 2. The van der Waals surface area contributed by atoms with Gasteiger partial charge in [-0.25, -0.2) is 9.69 Å². The summed E-state index contributed by atoms with van der Waals surface area (Å²) < 4.78 is 0. The predicted molar refractivity (Wildman–Crippen MR) is 102 cm³/mol. The van der Waals surface area contributed by atoms with Crippen molar-refractivity contribution in [3.8, 4) is 0 Å². The van der Waals surface area contributed by atoms with Gasteiger partial charge in [0.15, 0.2) is 0 Å². The number of fused-ring (bicyclic) bond motifs is 1. The van der Waals surface area contributed by atoms with Crippen molar-refractivity contribution in [1.29, 1.82) is 0 Å². The summed E-state index contributed by atoms with van der Waals surface area (Å²) in [5.41, 5.74) is 2.98. The minimum absolute atomic E-state index is 0.0185. The van der Waals surface area contributed by atoms with Crippen LogP contribution in [0.1, 0.15) is 36.8 Å². The molecule has 2 atom stereocenters. The normalized spacial score (nSPS) is 23.1. The lowest BCUT2D eigenvalue weighted by Crippen LogP contribution is -2.62. The fourth-order valence-electron chi connectivity index (χ4n) is 4.19. The smallest absolute Gasteiger partial charge is 0.316 e. The third kappa shape index (κ3) is 3.00. The van der Waals surface area contributed by atoms with E-state index in [1.54, 1.807) is 0 Å². The zero-order valence-electron chi connectivity index (χ0n) is 15.1. The number of urea groups is 1. The molecule has 1 aliphatic carbocycles. The molecule has 0 spiro atoms. The number of para-hydroxylation sites is 1. The first-order valence-corrected chi connectivity index (χ1v) is 9.40. The van der Waals surface area contributed by atoms with Gasteiger partial charge in [-0.2, -0.15) is 0 Å². The van der Waals surface area contributed by atoms with E-state index in [2.05, 4.69) is 31.2 Å². The van der Waals surface area contributed by atoms with E-state index < -0.39 is 0 Å². The molecule has 2 unspecified atom stereocenters.